The number of imide groups is 1. The molecule has 134 valence electrons. The third-order valence-corrected chi connectivity index (χ3v) is 4.38. The maximum absolute atomic E-state index is 13.3. The number of hydrogen-bond acceptors (Lipinski definition) is 3. The van der Waals surface area contributed by atoms with Crippen molar-refractivity contribution >= 4 is 23.1 Å². The summed E-state index contributed by atoms with van der Waals surface area (Å²) in [6, 6.07) is 13.3. The summed E-state index contributed by atoms with van der Waals surface area (Å²) in [4.78, 5) is 26.8. The minimum atomic E-state index is -0.388. The van der Waals surface area contributed by atoms with E-state index in [1.165, 1.54) is 34.7 Å². The van der Waals surface area contributed by atoms with Crippen LogP contribution in [0.5, 0.6) is 0 Å². The van der Waals surface area contributed by atoms with Crippen LogP contribution in [0.3, 0.4) is 0 Å². The van der Waals surface area contributed by atoms with Crippen LogP contribution in [0.2, 0.25) is 0 Å². The van der Waals surface area contributed by atoms with E-state index >= 15 is 0 Å². The van der Waals surface area contributed by atoms with Gasteiger partial charge < -0.3 is 5.32 Å². The molecule has 0 aliphatic carbocycles. The number of nitrogens with one attached hydrogen (secondary N) is 1. The van der Waals surface area contributed by atoms with Gasteiger partial charge in [-0.1, -0.05) is 38.1 Å². The van der Waals surface area contributed by atoms with Crippen molar-refractivity contribution in [1.82, 2.24) is 4.90 Å². The fourth-order valence-electron chi connectivity index (χ4n) is 2.97. The monoisotopic (exact) mass is 352 g/mol. The van der Waals surface area contributed by atoms with E-state index < -0.39 is 0 Å². The van der Waals surface area contributed by atoms with Gasteiger partial charge in [-0.3, -0.25) is 14.5 Å². The van der Waals surface area contributed by atoms with Crippen LogP contribution in [0, 0.1) is 5.82 Å². The molecule has 0 bridgehead atoms. The first-order chi connectivity index (χ1) is 12.5. The number of benzene rings is 2. The Hall–Kier alpha value is -2.95. The van der Waals surface area contributed by atoms with E-state index in [0.717, 1.165) is 12.1 Å². The van der Waals surface area contributed by atoms with Gasteiger partial charge in [0, 0.05) is 12.2 Å². The Balaban J connectivity index is 2.02. The standard InChI is InChI=1S/C21H21FN2O2/c1-3-13-24-20(25)18(15-7-9-16(22)10-8-15)19(21(24)26)23-17-11-5-14(4-2)6-12-17/h5-12,23H,3-4,13H2,1-2H3. The molecule has 1 N–H and O–H groups in total. The van der Waals surface area contributed by atoms with Crippen molar-refractivity contribution in [2.24, 2.45) is 0 Å². The van der Waals surface area contributed by atoms with Crippen molar-refractivity contribution < 1.29 is 14.0 Å². The molecule has 1 aliphatic heterocycles. The van der Waals surface area contributed by atoms with Crippen molar-refractivity contribution in [3.63, 3.8) is 0 Å². The zero-order valence-corrected chi connectivity index (χ0v) is 14.9. The van der Waals surface area contributed by atoms with Crippen LogP contribution in [0.1, 0.15) is 31.4 Å². The van der Waals surface area contributed by atoms with E-state index in [-0.39, 0.29) is 28.9 Å². The largest absolute Gasteiger partial charge is 0.350 e. The molecule has 5 heteroatoms. The van der Waals surface area contributed by atoms with Crippen LogP contribution >= 0.6 is 0 Å². The van der Waals surface area contributed by atoms with E-state index in [1.807, 2.05) is 31.2 Å². The fourth-order valence-corrected chi connectivity index (χ4v) is 2.97. The Kier molecular flexibility index (Phi) is 5.16. The highest BCUT2D eigenvalue weighted by Gasteiger charge is 2.38. The second-order valence-corrected chi connectivity index (χ2v) is 6.19. The first-order valence-corrected chi connectivity index (χ1v) is 8.77. The van der Waals surface area contributed by atoms with Gasteiger partial charge in [0.1, 0.15) is 11.5 Å². The van der Waals surface area contributed by atoms with Gasteiger partial charge in [-0.25, -0.2) is 4.39 Å². The molecule has 2 amide bonds. The second kappa shape index (κ2) is 7.52. The minimum Gasteiger partial charge on any atom is -0.350 e. The average Bonchev–Trinajstić information content (AvgIpc) is 2.88. The van der Waals surface area contributed by atoms with Crippen molar-refractivity contribution in [2.75, 3.05) is 11.9 Å². The molecule has 1 aliphatic rings. The van der Waals surface area contributed by atoms with Crippen LogP contribution in [-0.2, 0) is 16.0 Å². The molecule has 0 atom stereocenters. The number of halogens is 1. The Labute approximate surface area is 152 Å². The normalized spacial score (nSPS) is 14.3. The number of amides is 2. The molecular weight excluding hydrogens is 331 g/mol. The first kappa shape index (κ1) is 17.9. The number of carbonyl (C=O) groups excluding carboxylic acids is 2. The van der Waals surface area contributed by atoms with Gasteiger partial charge in [0.2, 0.25) is 0 Å². The third-order valence-electron chi connectivity index (χ3n) is 4.38. The summed E-state index contributed by atoms with van der Waals surface area (Å²) in [5.74, 6) is -1.09. The predicted octanol–water partition coefficient (Wildman–Crippen LogP) is 3.99. The van der Waals surface area contributed by atoms with Crippen molar-refractivity contribution in [3.05, 3.63) is 71.2 Å². The number of rotatable bonds is 6. The SMILES string of the molecule is CCCN1C(=O)C(Nc2ccc(CC)cc2)=C(c2ccc(F)cc2)C1=O. The molecular formula is C21H21FN2O2. The highest BCUT2D eigenvalue weighted by Crippen LogP contribution is 2.30. The van der Waals surface area contributed by atoms with E-state index in [9.17, 15) is 14.0 Å². The zero-order valence-electron chi connectivity index (χ0n) is 14.9. The highest BCUT2D eigenvalue weighted by molar-refractivity contribution is 6.36. The summed E-state index contributed by atoms with van der Waals surface area (Å²) in [5, 5.41) is 3.10. The van der Waals surface area contributed by atoms with Gasteiger partial charge in [-0.15, -0.1) is 0 Å². The summed E-state index contributed by atoms with van der Waals surface area (Å²) in [6.45, 7) is 4.33. The number of carbonyl (C=O) groups is 2. The fraction of sp³-hybridized carbons (Fsp3) is 0.238. The van der Waals surface area contributed by atoms with E-state index in [1.54, 1.807) is 0 Å². The lowest BCUT2D eigenvalue weighted by Gasteiger charge is -2.13. The highest BCUT2D eigenvalue weighted by atomic mass is 19.1. The van der Waals surface area contributed by atoms with Crippen LogP contribution in [0.25, 0.3) is 5.57 Å². The van der Waals surface area contributed by atoms with E-state index in [0.29, 0.717) is 18.5 Å². The molecule has 2 aromatic carbocycles. The van der Waals surface area contributed by atoms with Crippen molar-refractivity contribution in [1.29, 1.82) is 0 Å². The van der Waals surface area contributed by atoms with Gasteiger partial charge >= 0.3 is 0 Å². The molecule has 0 fully saturated rings. The number of hydrogen-bond donors (Lipinski definition) is 1. The minimum absolute atomic E-state index is 0.235. The molecule has 4 nitrogen and oxygen atoms in total. The van der Waals surface area contributed by atoms with Crippen LogP contribution in [-0.4, -0.2) is 23.3 Å². The van der Waals surface area contributed by atoms with Crippen LogP contribution < -0.4 is 5.32 Å². The number of anilines is 1. The summed E-state index contributed by atoms with van der Waals surface area (Å²) >= 11 is 0. The summed E-state index contributed by atoms with van der Waals surface area (Å²) in [7, 11) is 0. The third kappa shape index (κ3) is 3.38. The zero-order chi connectivity index (χ0) is 18.7. The smallest absolute Gasteiger partial charge is 0.278 e. The molecule has 2 aromatic rings. The molecule has 0 saturated carbocycles. The van der Waals surface area contributed by atoms with Crippen LogP contribution in [0.4, 0.5) is 10.1 Å². The lowest BCUT2D eigenvalue weighted by atomic mass is 10.0. The Morgan fingerprint density at radius 1 is 0.923 bits per heavy atom. The molecule has 26 heavy (non-hydrogen) atoms. The maximum atomic E-state index is 13.3. The van der Waals surface area contributed by atoms with Gasteiger partial charge in [0.05, 0.1) is 5.57 Å². The number of nitrogens with zero attached hydrogens (tertiary/aromatic N) is 1. The van der Waals surface area contributed by atoms with Crippen molar-refractivity contribution in [2.45, 2.75) is 26.7 Å². The summed E-state index contributed by atoms with van der Waals surface area (Å²) in [5.41, 5.74) is 2.96. The summed E-state index contributed by atoms with van der Waals surface area (Å²) in [6.07, 6.45) is 1.60. The molecule has 0 unspecified atom stereocenters. The molecule has 0 spiro atoms. The maximum Gasteiger partial charge on any atom is 0.278 e. The second-order valence-electron chi connectivity index (χ2n) is 6.19. The van der Waals surface area contributed by atoms with Gasteiger partial charge in [0.25, 0.3) is 11.8 Å². The van der Waals surface area contributed by atoms with Gasteiger partial charge in [-0.05, 0) is 48.2 Å². The molecule has 3 rings (SSSR count). The number of aryl methyl sites for hydroxylation is 1. The quantitative estimate of drug-likeness (QED) is 0.800. The Morgan fingerprint density at radius 2 is 1.58 bits per heavy atom. The van der Waals surface area contributed by atoms with E-state index in [4.69, 9.17) is 0 Å². The van der Waals surface area contributed by atoms with Gasteiger partial charge in [-0.2, -0.15) is 0 Å². The molecule has 0 aromatic heterocycles. The predicted molar refractivity (Wildman–Crippen MR) is 99.8 cm³/mol. The Bertz CT molecular complexity index is 855. The van der Waals surface area contributed by atoms with Gasteiger partial charge in [0.15, 0.2) is 0 Å². The topological polar surface area (TPSA) is 49.4 Å². The lowest BCUT2D eigenvalue weighted by molar-refractivity contribution is -0.136. The van der Waals surface area contributed by atoms with E-state index in [2.05, 4.69) is 12.2 Å². The molecule has 0 saturated heterocycles. The lowest BCUT2D eigenvalue weighted by Crippen LogP contribution is -2.33. The first-order valence-electron chi connectivity index (χ1n) is 8.77. The molecule has 1 heterocycles. The van der Waals surface area contributed by atoms with Crippen LogP contribution in [0.15, 0.2) is 54.2 Å². The summed E-state index contributed by atoms with van der Waals surface area (Å²) < 4.78 is 13.3. The Morgan fingerprint density at radius 3 is 2.15 bits per heavy atom. The molecule has 0 radical (unpaired) electrons. The van der Waals surface area contributed by atoms with Crippen molar-refractivity contribution in [3.8, 4) is 0 Å². The average molecular weight is 352 g/mol.